The molecular weight excluding hydrogens is 420 g/mol. The highest BCUT2D eigenvalue weighted by molar-refractivity contribution is 5.96. The highest BCUT2D eigenvalue weighted by Gasteiger charge is 2.17. The quantitative estimate of drug-likeness (QED) is 0.362. The van der Waals surface area contributed by atoms with Crippen LogP contribution < -0.4 is 20.1 Å². The normalized spacial score (nSPS) is 11.9. The summed E-state index contributed by atoms with van der Waals surface area (Å²) >= 11 is 0. The van der Waals surface area contributed by atoms with Gasteiger partial charge < -0.3 is 18.9 Å². The van der Waals surface area contributed by atoms with Crippen LogP contribution in [0, 0.1) is 0 Å². The second kappa shape index (κ2) is 11.2. The van der Waals surface area contributed by atoms with E-state index in [4.69, 9.17) is 18.9 Å². The minimum absolute atomic E-state index is 0.182. The average Bonchev–Trinajstić information content (AvgIpc) is 2.74. The van der Waals surface area contributed by atoms with Gasteiger partial charge in [-0.3, -0.25) is 10.6 Å². The molecule has 2 N–H and O–H groups in total. The molecule has 168 valence electrons. The Bertz CT molecular complexity index is 967. The van der Waals surface area contributed by atoms with Crippen molar-refractivity contribution in [3.8, 4) is 11.5 Å². The van der Waals surface area contributed by atoms with E-state index in [0.29, 0.717) is 10.8 Å². The zero-order chi connectivity index (χ0) is 23.7. The van der Waals surface area contributed by atoms with Crippen molar-refractivity contribution in [2.75, 3.05) is 0 Å². The second-order valence-electron chi connectivity index (χ2n) is 6.24. The van der Waals surface area contributed by atoms with Gasteiger partial charge in [-0.2, -0.15) is 0 Å². The van der Waals surface area contributed by atoms with Gasteiger partial charge in [0.1, 0.15) is 11.5 Å². The number of nitrogens with one attached hydrogen (secondary N) is 2. The summed E-state index contributed by atoms with van der Waals surface area (Å²) in [5.74, 6) is -1.03. The largest absolute Gasteiger partial charge is 0.439 e. The Kier molecular flexibility index (Phi) is 8.35. The van der Waals surface area contributed by atoms with Crippen molar-refractivity contribution < 1.29 is 38.1 Å². The van der Waals surface area contributed by atoms with Gasteiger partial charge in [-0.05, 0) is 26.0 Å². The van der Waals surface area contributed by atoms with E-state index >= 15 is 0 Å². The van der Waals surface area contributed by atoms with Gasteiger partial charge in [0.2, 0.25) is 0 Å². The molecule has 32 heavy (non-hydrogen) atoms. The summed E-state index contributed by atoms with van der Waals surface area (Å²) in [6, 6.07) is 9.62. The lowest BCUT2D eigenvalue weighted by molar-refractivity contribution is -0.144. The van der Waals surface area contributed by atoms with Crippen LogP contribution in [0.5, 0.6) is 11.5 Å². The first kappa shape index (κ1) is 23.9. The maximum atomic E-state index is 12.1. The van der Waals surface area contributed by atoms with Crippen LogP contribution in [-0.4, -0.2) is 36.6 Å². The standard InChI is InChI=1S/C22H22N2O8/c1-5-19(25)29-13(3)23-21(27)31-17-11-12-18(16-10-8-7-9-15(16)17)32-22(28)24-14(4)30-20(26)6-2/h5-14H,1-2H2,3-4H3,(H,23,27)(H,24,28). The maximum absolute atomic E-state index is 12.1. The van der Waals surface area contributed by atoms with Crippen molar-refractivity contribution in [3.05, 3.63) is 61.7 Å². The number of hydrogen-bond donors (Lipinski definition) is 2. The van der Waals surface area contributed by atoms with Crippen LogP contribution in [0.1, 0.15) is 13.8 Å². The minimum Gasteiger partial charge on any atom is -0.439 e. The van der Waals surface area contributed by atoms with Crippen LogP contribution in [0.3, 0.4) is 0 Å². The number of rotatable bonds is 8. The molecular formula is C22H22N2O8. The Balaban J connectivity index is 2.11. The molecule has 10 nitrogen and oxygen atoms in total. The van der Waals surface area contributed by atoms with Crippen LogP contribution in [0.25, 0.3) is 10.8 Å². The van der Waals surface area contributed by atoms with Crippen LogP contribution in [0.2, 0.25) is 0 Å². The van der Waals surface area contributed by atoms with E-state index in [1.807, 2.05) is 0 Å². The van der Waals surface area contributed by atoms with Crippen molar-refractivity contribution >= 4 is 34.9 Å². The molecule has 0 saturated carbocycles. The van der Waals surface area contributed by atoms with Gasteiger partial charge in [-0.1, -0.05) is 37.4 Å². The molecule has 2 aromatic carbocycles. The van der Waals surface area contributed by atoms with Gasteiger partial charge in [0.25, 0.3) is 0 Å². The molecule has 0 fully saturated rings. The molecule has 0 aliphatic heterocycles. The number of fused-ring (bicyclic) bond motifs is 1. The van der Waals surface area contributed by atoms with Gasteiger partial charge in [-0.15, -0.1) is 0 Å². The molecule has 0 bridgehead atoms. The zero-order valence-electron chi connectivity index (χ0n) is 17.5. The third-order valence-corrected chi connectivity index (χ3v) is 3.81. The lowest BCUT2D eigenvalue weighted by atomic mass is 10.1. The Morgan fingerprint density at radius 1 is 0.750 bits per heavy atom. The molecule has 2 unspecified atom stereocenters. The summed E-state index contributed by atoms with van der Waals surface area (Å²) in [5.41, 5.74) is 0. The molecule has 2 atom stereocenters. The number of carbonyl (C=O) groups excluding carboxylic acids is 4. The van der Waals surface area contributed by atoms with Crippen molar-refractivity contribution in [2.45, 2.75) is 26.3 Å². The van der Waals surface area contributed by atoms with E-state index in [2.05, 4.69) is 23.8 Å². The zero-order valence-corrected chi connectivity index (χ0v) is 17.5. The highest BCUT2D eigenvalue weighted by atomic mass is 16.6. The van der Waals surface area contributed by atoms with Crippen LogP contribution in [0.15, 0.2) is 61.7 Å². The molecule has 2 amide bonds. The first-order valence-corrected chi connectivity index (χ1v) is 9.38. The highest BCUT2D eigenvalue weighted by Crippen LogP contribution is 2.33. The van der Waals surface area contributed by atoms with Gasteiger partial charge in [-0.25, -0.2) is 19.2 Å². The lowest BCUT2D eigenvalue weighted by Gasteiger charge is -2.16. The number of benzene rings is 2. The van der Waals surface area contributed by atoms with Crippen molar-refractivity contribution in [1.29, 1.82) is 0 Å². The first-order chi connectivity index (χ1) is 15.2. The molecule has 0 aliphatic rings. The Hall–Kier alpha value is -4.34. The summed E-state index contributed by atoms with van der Waals surface area (Å²) in [6.07, 6.45) is -1.66. The SMILES string of the molecule is C=CC(=O)OC(C)NC(=O)Oc1ccc(OC(=O)NC(C)OC(=O)C=C)c2ccccc12. The van der Waals surface area contributed by atoms with Crippen LogP contribution in [0.4, 0.5) is 9.59 Å². The maximum Gasteiger partial charge on any atom is 0.415 e. The van der Waals surface area contributed by atoms with E-state index in [1.54, 1.807) is 24.3 Å². The average molecular weight is 442 g/mol. The Labute approximate surface area is 183 Å². The molecule has 2 rings (SSSR count). The minimum atomic E-state index is -0.942. The fourth-order valence-corrected chi connectivity index (χ4v) is 2.52. The van der Waals surface area contributed by atoms with E-state index in [0.717, 1.165) is 12.2 Å². The van der Waals surface area contributed by atoms with E-state index in [1.165, 1.54) is 26.0 Å². The molecule has 0 radical (unpaired) electrons. The molecule has 0 saturated heterocycles. The van der Waals surface area contributed by atoms with Gasteiger partial charge >= 0.3 is 24.1 Å². The van der Waals surface area contributed by atoms with Gasteiger partial charge in [0.05, 0.1) is 0 Å². The third-order valence-electron chi connectivity index (χ3n) is 3.81. The summed E-state index contributed by atoms with van der Waals surface area (Å²) in [5, 5.41) is 5.67. The third kappa shape index (κ3) is 6.87. The monoisotopic (exact) mass is 442 g/mol. The van der Waals surface area contributed by atoms with Crippen LogP contribution in [-0.2, 0) is 19.1 Å². The van der Waals surface area contributed by atoms with Crippen molar-refractivity contribution in [3.63, 3.8) is 0 Å². The Morgan fingerprint density at radius 3 is 1.47 bits per heavy atom. The molecule has 0 spiro atoms. The fraction of sp³-hybridized carbons (Fsp3) is 0.182. The summed E-state index contributed by atoms with van der Waals surface area (Å²) in [4.78, 5) is 46.7. The number of carbonyl (C=O) groups is 4. The first-order valence-electron chi connectivity index (χ1n) is 9.38. The summed E-state index contributed by atoms with van der Waals surface area (Å²) in [6.45, 7) is 9.44. The summed E-state index contributed by atoms with van der Waals surface area (Å²) in [7, 11) is 0. The molecule has 0 aromatic heterocycles. The molecule has 0 aliphatic carbocycles. The predicted molar refractivity (Wildman–Crippen MR) is 114 cm³/mol. The number of amides is 2. The number of esters is 2. The second-order valence-corrected chi connectivity index (χ2v) is 6.24. The summed E-state index contributed by atoms with van der Waals surface area (Å²) < 4.78 is 20.3. The van der Waals surface area contributed by atoms with Crippen LogP contribution >= 0.6 is 0 Å². The van der Waals surface area contributed by atoms with Gasteiger partial charge in [0.15, 0.2) is 12.5 Å². The topological polar surface area (TPSA) is 129 Å². The van der Waals surface area contributed by atoms with Gasteiger partial charge in [0, 0.05) is 22.9 Å². The molecule has 10 heteroatoms. The van der Waals surface area contributed by atoms with Crippen molar-refractivity contribution in [2.24, 2.45) is 0 Å². The number of hydrogen-bond acceptors (Lipinski definition) is 8. The van der Waals surface area contributed by atoms with E-state index in [9.17, 15) is 19.2 Å². The molecule has 2 aromatic rings. The van der Waals surface area contributed by atoms with E-state index < -0.39 is 36.6 Å². The van der Waals surface area contributed by atoms with E-state index in [-0.39, 0.29) is 11.5 Å². The Morgan fingerprint density at radius 2 is 1.12 bits per heavy atom. The smallest absolute Gasteiger partial charge is 0.415 e. The number of ether oxygens (including phenoxy) is 4. The molecule has 0 heterocycles. The fourth-order valence-electron chi connectivity index (χ4n) is 2.52. The van der Waals surface area contributed by atoms with Crippen molar-refractivity contribution in [1.82, 2.24) is 10.6 Å². The predicted octanol–water partition coefficient (Wildman–Crippen LogP) is 3.17. The lowest BCUT2D eigenvalue weighted by Crippen LogP contribution is -2.38.